The van der Waals surface area contributed by atoms with E-state index in [-0.39, 0.29) is 10.2 Å². The molecule has 0 spiro atoms. The Morgan fingerprint density at radius 1 is 1.38 bits per heavy atom. The fourth-order valence-electron chi connectivity index (χ4n) is 0.709. The Morgan fingerprint density at radius 2 is 2.00 bits per heavy atom. The molecule has 0 radical (unpaired) electrons. The Bertz CT molecular complexity index is 317. The average molecular weight is 257 g/mol. The summed E-state index contributed by atoms with van der Waals surface area (Å²) in [6.07, 6.45) is 0. The second-order valence-corrected chi connectivity index (χ2v) is 2.88. The Kier molecular flexibility index (Phi) is 3.02. The molecule has 0 saturated carbocycles. The van der Waals surface area contributed by atoms with Crippen LogP contribution in [0.15, 0.2) is 16.6 Å². The van der Waals surface area contributed by atoms with Crippen molar-refractivity contribution in [3.8, 4) is 11.5 Å². The highest BCUT2D eigenvalue weighted by Gasteiger charge is 2.14. The largest absolute Gasteiger partial charge is 0.505 e. The van der Waals surface area contributed by atoms with Gasteiger partial charge in [-0.25, -0.2) is 4.39 Å². The van der Waals surface area contributed by atoms with Crippen LogP contribution in [0.25, 0.3) is 0 Å². The van der Waals surface area contributed by atoms with Crippen LogP contribution in [0, 0.1) is 5.82 Å². The first-order valence-corrected chi connectivity index (χ1v) is 3.93. The Hall–Kier alpha value is -0.910. The van der Waals surface area contributed by atoms with Crippen molar-refractivity contribution in [3.63, 3.8) is 0 Å². The van der Waals surface area contributed by atoms with Crippen LogP contribution in [0.3, 0.4) is 0 Å². The normalized spacial score (nSPS) is 10.5. The van der Waals surface area contributed by atoms with E-state index in [9.17, 15) is 13.2 Å². The second kappa shape index (κ2) is 3.87. The molecule has 0 heterocycles. The van der Waals surface area contributed by atoms with E-state index in [1.165, 1.54) is 0 Å². The van der Waals surface area contributed by atoms with Crippen LogP contribution >= 0.6 is 15.9 Å². The molecular weight excluding hydrogens is 253 g/mol. The Balaban J connectivity index is 3.04. The van der Waals surface area contributed by atoms with Crippen LogP contribution in [-0.4, -0.2) is 11.7 Å². The third-order valence-electron chi connectivity index (χ3n) is 1.24. The van der Waals surface area contributed by atoms with E-state index in [0.29, 0.717) is 0 Å². The number of aromatic hydroxyl groups is 1. The van der Waals surface area contributed by atoms with Gasteiger partial charge in [-0.15, -0.1) is 0 Å². The molecule has 13 heavy (non-hydrogen) atoms. The molecule has 0 unspecified atom stereocenters. The number of halogens is 4. The third-order valence-corrected chi connectivity index (χ3v) is 1.98. The number of phenolic OH excluding ortho intramolecular Hbond substituents is 1. The lowest BCUT2D eigenvalue weighted by Gasteiger charge is -2.07. The summed E-state index contributed by atoms with van der Waals surface area (Å²) in [6.45, 7) is -3.03. The van der Waals surface area contributed by atoms with Crippen molar-refractivity contribution >= 4 is 15.9 Å². The van der Waals surface area contributed by atoms with Gasteiger partial charge in [0.05, 0.1) is 4.47 Å². The smallest absolute Gasteiger partial charge is 0.387 e. The minimum absolute atomic E-state index is 0.326. The molecular formula is C7H4BrF3O2. The second-order valence-electron chi connectivity index (χ2n) is 2.09. The molecule has 0 saturated heterocycles. The zero-order valence-electron chi connectivity index (χ0n) is 6.10. The average Bonchev–Trinajstić information content (AvgIpc) is 2.06. The van der Waals surface area contributed by atoms with Gasteiger partial charge in [-0.05, 0) is 28.1 Å². The molecule has 6 heteroatoms. The lowest BCUT2D eigenvalue weighted by atomic mass is 10.3. The van der Waals surface area contributed by atoms with Crippen molar-refractivity contribution in [3.05, 3.63) is 22.4 Å². The van der Waals surface area contributed by atoms with Gasteiger partial charge in [-0.1, -0.05) is 0 Å². The number of ether oxygens (including phenoxy) is 1. The fraction of sp³-hybridized carbons (Fsp3) is 0.143. The van der Waals surface area contributed by atoms with Crippen molar-refractivity contribution < 1.29 is 23.0 Å². The van der Waals surface area contributed by atoms with Crippen LogP contribution < -0.4 is 4.74 Å². The summed E-state index contributed by atoms with van der Waals surface area (Å²) in [7, 11) is 0. The number of benzene rings is 1. The van der Waals surface area contributed by atoms with Crippen LogP contribution in [0.4, 0.5) is 13.2 Å². The molecule has 1 aromatic rings. The first-order valence-electron chi connectivity index (χ1n) is 3.14. The van der Waals surface area contributed by atoms with E-state index in [0.717, 1.165) is 12.1 Å². The number of alkyl halides is 2. The topological polar surface area (TPSA) is 29.5 Å². The molecule has 0 amide bonds. The lowest BCUT2D eigenvalue weighted by Crippen LogP contribution is -2.02. The lowest BCUT2D eigenvalue weighted by molar-refractivity contribution is -0.0505. The minimum Gasteiger partial charge on any atom is -0.505 e. The van der Waals surface area contributed by atoms with Crippen molar-refractivity contribution in [2.45, 2.75) is 6.61 Å². The maximum absolute atomic E-state index is 12.8. The number of hydrogen-bond donors (Lipinski definition) is 1. The summed E-state index contributed by atoms with van der Waals surface area (Å²) >= 11 is 2.67. The highest BCUT2D eigenvalue weighted by Crippen LogP contribution is 2.33. The maximum atomic E-state index is 12.8. The molecule has 1 N–H and O–H groups in total. The molecule has 0 aliphatic heterocycles. The molecule has 1 rings (SSSR count). The van der Waals surface area contributed by atoms with E-state index in [4.69, 9.17) is 5.11 Å². The molecule has 0 aliphatic carbocycles. The standard InChI is InChI=1S/C7H4BrF3O2/c8-5-4(13-7(10)11)2-1-3(12)6(5)9/h1-2,7,12H. The van der Waals surface area contributed by atoms with Gasteiger partial charge in [0.15, 0.2) is 11.6 Å². The van der Waals surface area contributed by atoms with Gasteiger partial charge in [-0.3, -0.25) is 0 Å². The van der Waals surface area contributed by atoms with Crippen LogP contribution in [-0.2, 0) is 0 Å². The summed E-state index contributed by atoms with van der Waals surface area (Å²) in [4.78, 5) is 0. The van der Waals surface area contributed by atoms with E-state index in [1.54, 1.807) is 0 Å². The van der Waals surface area contributed by atoms with E-state index < -0.39 is 18.2 Å². The monoisotopic (exact) mass is 256 g/mol. The van der Waals surface area contributed by atoms with Crippen molar-refractivity contribution in [2.75, 3.05) is 0 Å². The van der Waals surface area contributed by atoms with Crippen molar-refractivity contribution in [1.29, 1.82) is 0 Å². The fourth-order valence-corrected chi connectivity index (χ4v) is 1.14. The van der Waals surface area contributed by atoms with Crippen LogP contribution in [0.5, 0.6) is 11.5 Å². The molecule has 0 aromatic heterocycles. The van der Waals surface area contributed by atoms with Gasteiger partial charge in [0.2, 0.25) is 0 Å². The summed E-state index contributed by atoms with van der Waals surface area (Å²) in [5.41, 5.74) is 0. The zero-order chi connectivity index (χ0) is 10.0. The third kappa shape index (κ3) is 2.27. The van der Waals surface area contributed by atoms with E-state index >= 15 is 0 Å². The summed E-state index contributed by atoms with van der Waals surface area (Å²) < 4.78 is 39.9. The van der Waals surface area contributed by atoms with Crippen molar-refractivity contribution in [1.82, 2.24) is 0 Å². The van der Waals surface area contributed by atoms with Crippen molar-refractivity contribution in [2.24, 2.45) is 0 Å². The molecule has 0 atom stereocenters. The van der Waals surface area contributed by atoms with Gasteiger partial charge in [0.1, 0.15) is 5.75 Å². The van der Waals surface area contributed by atoms with Crippen LogP contribution in [0.1, 0.15) is 0 Å². The molecule has 0 aliphatic rings. The molecule has 2 nitrogen and oxygen atoms in total. The minimum atomic E-state index is -3.03. The first kappa shape index (κ1) is 10.2. The molecule has 0 bridgehead atoms. The maximum Gasteiger partial charge on any atom is 0.387 e. The molecule has 72 valence electrons. The van der Waals surface area contributed by atoms with E-state index in [1.807, 2.05) is 0 Å². The highest BCUT2D eigenvalue weighted by atomic mass is 79.9. The number of hydrogen-bond acceptors (Lipinski definition) is 2. The molecule has 1 aromatic carbocycles. The van der Waals surface area contributed by atoms with Gasteiger partial charge in [0, 0.05) is 0 Å². The van der Waals surface area contributed by atoms with Gasteiger partial charge in [-0.2, -0.15) is 8.78 Å². The SMILES string of the molecule is Oc1ccc(OC(F)F)c(Br)c1F. The van der Waals surface area contributed by atoms with Gasteiger partial charge in [0.25, 0.3) is 0 Å². The summed E-state index contributed by atoms with van der Waals surface area (Å²) in [5.74, 6) is -2.02. The van der Waals surface area contributed by atoms with E-state index in [2.05, 4.69) is 20.7 Å². The summed E-state index contributed by atoms with van der Waals surface area (Å²) in [6, 6.07) is 1.96. The van der Waals surface area contributed by atoms with Gasteiger partial charge < -0.3 is 9.84 Å². The molecule has 0 fully saturated rings. The predicted molar refractivity (Wildman–Crippen MR) is 42.4 cm³/mol. The Morgan fingerprint density at radius 3 is 2.54 bits per heavy atom. The number of rotatable bonds is 2. The zero-order valence-corrected chi connectivity index (χ0v) is 7.69. The quantitative estimate of drug-likeness (QED) is 0.882. The Labute approximate surface area is 80.1 Å². The first-order chi connectivity index (χ1) is 6.02. The van der Waals surface area contributed by atoms with Crippen LogP contribution in [0.2, 0.25) is 0 Å². The highest BCUT2D eigenvalue weighted by molar-refractivity contribution is 9.10. The summed E-state index contributed by atoms with van der Waals surface area (Å²) in [5, 5.41) is 8.81. The predicted octanol–water partition coefficient (Wildman–Crippen LogP) is 2.90. The van der Waals surface area contributed by atoms with Gasteiger partial charge >= 0.3 is 6.61 Å². The number of phenols is 1.